The highest BCUT2D eigenvalue weighted by atomic mass is 16.5. The van der Waals surface area contributed by atoms with Gasteiger partial charge in [-0.1, -0.05) is 25.1 Å². The lowest BCUT2D eigenvalue weighted by molar-refractivity contribution is -0.0253. The average Bonchev–Trinajstić information content (AvgIpc) is 2.68. The number of likely N-dealkylation sites (N-methyl/N-ethyl adjacent to an activating group) is 1. The molecule has 5 heteroatoms. The SMILES string of the molecule is CCN1CCO[C@@H](CNCc2ccc(OCc3ccccn3)cc2)C1. The normalized spacial score (nSPS) is 18.2. The second-order valence-corrected chi connectivity index (χ2v) is 6.27. The van der Waals surface area contributed by atoms with E-state index in [-0.39, 0.29) is 6.10 Å². The van der Waals surface area contributed by atoms with E-state index in [1.54, 1.807) is 6.20 Å². The first-order valence-electron chi connectivity index (χ1n) is 9.00. The van der Waals surface area contributed by atoms with E-state index >= 15 is 0 Å². The standard InChI is InChI=1S/C20H27N3O2/c1-2-23-11-12-24-20(15-23)14-21-13-17-6-8-19(9-7-17)25-16-18-5-3-4-10-22-18/h3-10,20-21H,2,11-16H2,1H3/t20-/m0/s1. The molecule has 0 unspecified atom stereocenters. The molecule has 0 aliphatic carbocycles. The Morgan fingerprint density at radius 1 is 1.24 bits per heavy atom. The molecule has 1 fully saturated rings. The van der Waals surface area contributed by atoms with Crippen LogP contribution >= 0.6 is 0 Å². The third-order valence-corrected chi connectivity index (χ3v) is 4.41. The fourth-order valence-electron chi connectivity index (χ4n) is 2.91. The first-order chi connectivity index (χ1) is 12.3. The molecule has 25 heavy (non-hydrogen) atoms. The van der Waals surface area contributed by atoms with Crippen LogP contribution in [0.2, 0.25) is 0 Å². The first-order valence-corrected chi connectivity index (χ1v) is 9.00. The van der Waals surface area contributed by atoms with Crippen LogP contribution in [-0.4, -0.2) is 48.8 Å². The van der Waals surface area contributed by atoms with E-state index in [0.29, 0.717) is 6.61 Å². The summed E-state index contributed by atoms with van der Waals surface area (Å²) < 4.78 is 11.6. The van der Waals surface area contributed by atoms with Crippen LogP contribution in [-0.2, 0) is 17.9 Å². The Morgan fingerprint density at radius 3 is 2.88 bits per heavy atom. The molecule has 1 N–H and O–H groups in total. The maximum atomic E-state index is 5.81. The minimum atomic E-state index is 0.287. The van der Waals surface area contributed by atoms with Crippen molar-refractivity contribution in [3.05, 3.63) is 59.9 Å². The van der Waals surface area contributed by atoms with E-state index in [1.165, 1.54) is 5.56 Å². The molecule has 2 heterocycles. The molecule has 3 rings (SSSR count). The van der Waals surface area contributed by atoms with Crippen molar-refractivity contribution in [3.8, 4) is 5.75 Å². The molecule has 0 spiro atoms. The van der Waals surface area contributed by atoms with Gasteiger partial charge >= 0.3 is 0 Å². The number of ether oxygens (including phenoxy) is 2. The maximum absolute atomic E-state index is 5.81. The summed E-state index contributed by atoms with van der Waals surface area (Å²) in [6.07, 6.45) is 2.07. The zero-order valence-electron chi connectivity index (χ0n) is 14.9. The molecule has 1 atom stereocenters. The minimum absolute atomic E-state index is 0.287. The van der Waals surface area contributed by atoms with Crippen molar-refractivity contribution in [1.82, 2.24) is 15.2 Å². The van der Waals surface area contributed by atoms with Gasteiger partial charge in [0.2, 0.25) is 0 Å². The molecule has 1 saturated heterocycles. The maximum Gasteiger partial charge on any atom is 0.130 e. The van der Waals surface area contributed by atoms with Crippen molar-refractivity contribution in [2.24, 2.45) is 0 Å². The Bertz CT molecular complexity index is 619. The van der Waals surface area contributed by atoms with Gasteiger partial charge in [-0.2, -0.15) is 0 Å². The summed E-state index contributed by atoms with van der Waals surface area (Å²) in [5.41, 5.74) is 2.18. The van der Waals surface area contributed by atoms with Crippen molar-refractivity contribution in [3.63, 3.8) is 0 Å². The van der Waals surface area contributed by atoms with Crippen LogP contribution in [0.25, 0.3) is 0 Å². The van der Waals surface area contributed by atoms with Gasteiger partial charge in [-0.05, 0) is 36.4 Å². The Labute approximate surface area is 150 Å². The van der Waals surface area contributed by atoms with E-state index in [9.17, 15) is 0 Å². The van der Waals surface area contributed by atoms with Crippen molar-refractivity contribution in [2.45, 2.75) is 26.2 Å². The zero-order valence-corrected chi connectivity index (χ0v) is 14.9. The number of benzene rings is 1. The Kier molecular flexibility index (Phi) is 6.79. The van der Waals surface area contributed by atoms with Gasteiger partial charge in [0.25, 0.3) is 0 Å². The fraction of sp³-hybridized carbons (Fsp3) is 0.450. The number of hydrogen-bond acceptors (Lipinski definition) is 5. The molecule has 134 valence electrons. The van der Waals surface area contributed by atoms with Gasteiger partial charge in [0, 0.05) is 32.4 Å². The third kappa shape index (κ3) is 5.81. The smallest absolute Gasteiger partial charge is 0.130 e. The molecule has 0 bridgehead atoms. The Balaban J connectivity index is 1.39. The van der Waals surface area contributed by atoms with E-state index in [2.05, 4.69) is 34.3 Å². The number of morpholine rings is 1. The highest BCUT2D eigenvalue weighted by Crippen LogP contribution is 2.14. The summed E-state index contributed by atoms with van der Waals surface area (Å²) in [5.74, 6) is 0.864. The molecule has 1 aromatic carbocycles. The first kappa shape index (κ1) is 17.9. The summed E-state index contributed by atoms with van der Waals surface area (Å²) in [6.45, 7) is 8.42. The van der Waals surface area contributed by atoms with Crippen molar-refractivity contribution >= 4 is 0 Å². The molecule has 1 aliphatic heterocycles. The lowest BCUT2D eigenvalue weighted by atomic mass is 10.2. The number of nitrogens with zero attached hydrogens (tertiary/aromatic N) is 2. The van der Waals surface area contributed by atoms with Gasteiger partial charge in [-0.3, -0.25) is 9.88 Å². The van der Waals surface area contributed by atoms with Crippen LogP contribution in [0.15, 0.2) is 48.7 Å². The molecule has 1 aliphatic rings. The summed E-state index contributed by atoms with van der Waals surface area (Å²) in [4.78, 5) is 6.69. The van der Waals surface area contributed by atoms with E-state index in [4.69, 9.17) is 9.47 Å². The zero-order chi connectivity index (χ0) is 17.3. The Hall–Kier alpha value is -1.95. The summed E-state index contributed by atoms with van der Waals surface area (Å²) in [6, 6.07) is 14.1. The molecule has 0 saturated carbocycles. The van der Waals surface area contributed by atoms with Gasteiger partial charge in [-0.15, -0.1) is 0 Å². The van der Waals surface area contributed by atoms with Crippen LogP contribution in [0.3, 0.4) is 0 Å². The van der Waals surface area contributed by atoms with Crippen LogP contribution < -0.4 is 10.1 Å². The van der Waals surface area contributed by atoms with E-state index in [0.717, 1.165) is 50.8 Å². The quantitative estimate of drug-likeness (QED) is 0.799. The van der Waals surface area contributed by atoms with Gasteiger partial charge in [0.1, 0.15) is 12.4 Å². The Morgan fingerprint density at radius 2 is 2.12 bits per heavy atom. The number of aromatic nitrogens is 1. The number of nitrogens with one attached hydrogen (secondary N) is 1. The molecular weight excluding hydrogens is 314 g/mol. The van der Waals surface area contributed by atoms with Crippen LogP contribution in [0.5, 0.6) is 5.75 Å². The van der Waals surface area contributed by atoms with Gasteiger partial charge in [0.15, 0.2) is 0 Å². The van der Waals surface area contributed by atoms with Crippen molar-refractivity contribution in [1.29, 1.82) is 0 Å². The lowest BCUT2D eigenvalue weighted by Gasteiger charge is -2.32. The number of hydrogen-bond donors (Lipinski definition) is 1. The lowest BCUT2D eigenvalue weighted by Crippen LogP contribution is -2.46. The second-order valence-electron chi connectivity index (χ2n) is 6.27. The van der Waals surface area contributed by atoms with Gasteiger partial charge < -0.3 is 14.8 Å². The third-order valence-electron chi connectivity index (χ3n) is 4.41. The molecule has 0 radical (unpaired) electrons. The predicted octanol–water partition coefficient (Wildman–Crippen LogP) is 2.47. The largest absolute Gasteiger partial charge is 0.487 e. The summed E-state index contributed by atoms with van der Waals surface area (Å²) in [5, 5.41) is 3.49. The van der Waals surface area contributed by atoms with Gasteiger partial charge in [0.05, 0.1) is 18.4 Å². The minimum Gasteiger partial charge on any atom is -0.487 e. The average molecular weight is 341 g/mol. The monoisotopic (exact) mass is 341 g/mol. The second kappa shape index (κ2) is 9.51. The highest BCUT2D eigenvalue weighted by Gasteiger charge is 2.18. The van der Waals surface area contributed by atoms with E-state index in [1.807, 2.05) is 30.3 Å². The highest BCUT2D eigenvalue weighted by molar-refractivity contribution is 5.27. The van der Waals surface area contributed by atoms with Gasteiger partial charge in [-0.25, -0.2) is 0 Å². The molecular formula is C20H27N3O2. The summed E-state index contributed by atoms with van der Waals surface area (Å²) >= 11 is 0. The number of rotatable bonds is 8. The molecule has 0 amide bonds. The van der Waals surface area contributed by atoms with E-state index < -0.39 is 0 Å². The van der Waals surface area contributed by atoms with Crippen LogP contribution in [0, 0.1) is 0 Å². The topological polar surface area (TPSA) is 46.6 Å². The molecule has 2 aromatic rings. The fourth-order valence-corrected chi connectivity index (χ4v) is 2.91. The molecule has 5 nitrogen and oxygen atoms in total. The van der Waals surface area contributed by atoms with Crippen molar-refractivity contribution < 1.29 is 9.47 Å². The van der Waals surface area contributed by atoms with Crippen LogP contribution in [0.1, 0.15) is 18.2 Å². The predicted molar refractivity (Wildman–Crippen MR) is 98.6 cm³/mol. The summed E-state index contributed by atoms with van der Waals surface area (Å²) in [7, 11) is 0. The van der Waals surface area contributed by atoms with Crippen molar-refractivity contribution in [2.75, 3.05) is 32.8 Å². The van der Waals surface area contributed by atoms with Crippen LogP contribution in [0.4, 0.5) is 0 Å². The number of pyridine rings is 1. The molecule has 1 aromatic heterocycles.